The molecule has 9 heteroatoms. The summed E-state index contributed by atoms with van der Waals surface area (Å²) in [6, 6.07) is 12.9. The lowest BCUT2D eigenvalue weighted by Crippen LogP contribution is -2.25. The first-order valence-electron chi connectivity index (χ1n) is 12.3. The normalized spacial score (nSPS) is 13.7. The molecule has 2 aromatic carbocycles. The predicted molar refractivity (Wildman–Crippen MR) is 146 cm³/mol. The molecule has 1 atom stereocenters. The van der Waals surface area contributed by atoms with Crippen LogP contribution in [0.4, 0.5) is 15.1 Å². The number of methoxy groups -OCH3 is 1. The number of amides is 2. The summed E-state index contributed by atoms with van der Waals surface area (Å²) in [7, 11) is 1.36. The Labute approximate surface area is 224 Å². The Morgan fingerprint density at radius 2 is 1.84 bits per heavy atom. The second-order valence-corrected chi connectivity index (χ2v) is 11.1. The van der Waals surface area contributed by atoms with Crippen LogP contribution < -0.4 is 10.6 Å². The molecule has 1 aromatic heterocycles. The van der Waals surface area contributed by atoms with E-state index in [0.29, 0.717) is 22.7 Å². The third kappa shape index (κ3) is 6.40. The number of halogens is 1. The largest absolute Gasteiger partial charge is 0.465 e. The molecule has 4 rings (SSSR count). The number of carbonyl (C=O) groups excluding carboxylic acids is 3. The van der Waals surface area contributed by atoms with Crippen LogP contribution in [-0.2, 0) is 22.4 Å². The standard InChI is InChI=1S/C28H29FN2O4S2/c1-3-22(26(33)31-27-24(28(34)35-2)20-13-5-4-6-15-23(20)37-27)36-18-11-9-10-17(16-18)30-25(32)19-12-7-8-14-21(19)29/h7-12,14,16,22H,3-6,13,15H2,1-2H3,(H,30,32)(H,31,33). The van der Waals surface area contributed by atoms with Crippen LogP contribution in [-0.4, -0.2) is 30.1 Å². The molecule has 1 aliphatic rings. The van der Waals surface area contributed by atoms with Gasteiger partial charge in [-0.3, -0.25) is 9.59 Å². The molecule has 1 unspecified atom stereocenters. The highest BCUT2D eigenvalue weighted by Gasteiger charge is 2.28. The van der Waals surface area contributed by atoms with Crippen molar-refractivity contribution in [3.05, 3.63) is 75.9 Å². The molecule has 0 aliphatic heterocycles. The Bertz CT molecular complexity index is 1310. The van der Waals surface area contributed by atoms with Gasteiger partial charge in [0.1, 0.15) is 10.8 Å². The predicted octanol–water partition coefficient (Wildman–Crippen LogP) is 6.70. The van der Waals surface area contributed by atoms with Crippen LogP contribution in [0.3, 0.4) is 0 Å². The average molecular weight is 541 g/mol. The number of benzene rings is 2. The molecule has 2 N–H and O–H groups in total. The zero-order valence-corrected chi connectivity index (χ0v) is 22.4. The molecule has 0 saturated carbocycles. The highest BCUT2D eigenvalue weighted by Crippen LogP contribution is 2.39. The lowest BCUT2D eigenvalue weighted by Gasteiger charge is -2.16. The smallest absolute Gasteiger partial charge is 0.341 e. The maximum atomic E-state index is 14.0. The summed E-state index contributed by atoms with van der Waals surface area (Å²) in [6.45, 7) is 1.92. The Balaban J connectivity index is 1.48. The van der Waals surface area contributed by atoms with Gasteiger partial charge < -0.3 is 15.4 Å². The number of thioether (sulfide) groups is 1. The molecule has 1 heterocycles. The number of nitrogens with one attached hydrogen (secondary N) is 2. The quantitative estimate of drug-likeness (QED) is 0.189. The van der Waals surface area contributed by atoms with E-state index >= 15 is 0 Å². The summed E-state index contributed by atoms with van der Waals surface area (Å²) in [5, 5.41) is 5.84. The van der Waals surface area contributed by atoms with Crippen LogP contribution in [0.5, 0.6) is 0 Å². The molecular weight excluding hydrogens is 511 g/mol. The van der Waals surface area contributed by atoms with Gasteiger partial charge in [0.15, 0.2) is 0 Å². The summed E-state index contributed by atoms with van der Waals surface area (Å²) in [4.78, 5) is 40.3. The summed E-state index contributed by atoms with van der Waals surface area (Å²) in [5.41, 5.74) is 1.95. The number of hydrogen-bond acceptors (Lipinski definition) is 6. The number of rotatable bonds is 8. The number of thiophene rings is 1. The lowest BCUT2D eigenvalue weighted by atomic mass is 10.1. The zero-order chi connectivity index (χ0) is 26.4. The first-order chi connectivity index (χ1) is 17.9. The van der Waals surface area contributed by atoms with Crippen LogP contribution in [0.15, 0.2) is 53.4 Å². The third-order valence-electron chi connectivity index (χ3n) is 6.20. The molecule has 0 fully saturated rings. The number of fused-ring (bicyclic) bond motifs is 1. The van der Waals surface area contributed by atoms with E-state index in [2.05, 4.69) is 10.6 Å². The lowest BCUT2D eigenvalue weighted by molar-refractivity contribution is -0.115. The fourth-order valence-corrected chi connectivity index (χ4v) is 6.61. The Morgan fingerprint density at radius 1 is 1.05 bits per heavy atom. The van der Waals surface area contributed by atoms with Crippen LogP contribution in [0.25, 0.3) is 0 Å². The minimum atomic E-state index is -0.592. The molecule has 37 heavy (non-hydrogen) atoms. The van der Waals surface area contributed by atoms with E-state index in [0.717, 1.165) is 47.4 Å². The van der Waals surface area contributed by atoms with Gasteiger partial charge in [-0.25, -0.2) is 9.18 Å². The Morgan fingerprint density at radius 3 is 2.59 bits per heavy atom. The van der Waals surface area contributed by atoms with Gasteiger partial charge in [-0.2, -0.15) is 0 Å². The monoisotopic (exact) mass is 540 g/mol. The van der Waals surface area contributed by atoms with Gasteiger partial charge >= 0.3 is 5.97 Å². The molecule has 3 aromatic rings. The summed E-state index contributed by atoms with van der Waals surface area (Å²) in [5.74, 6) is -1.76. The van der Waals surface area contributed by atoms with Crippen LogP contribution in [0.2, 0.25) is 0 Å². The van der Waals surface area contributed by atoms with E-state index < -0.39 is 22.9 Å². The molecule has 1 aliphatic carbocycles. The molecule has 194 valence electrons. The van der Waals surface area contributed by atoms with E-state index in [4.69, 9.17) is 4.74 Å². The zero-order valence-electron chi connectivity index (χ0n) is 20.8. The summed E-state index contributed by atoms with van der Waals surface area (Å²) < 4.78 is 19.0. The minimum absolute atomic E-state index is 0.0397. The minimum Gasteiger partial charge on any atom is -0.465 e. The Hall–Kier alpha value is -3.17. The van der Waals surface area contributed by atoms with Gasteiger partial charge in [0.2, 0.25) is 5.91 Å². The number of hydrogen-bond donors (Lipinski definition) is 2. The van der Waals surface area contributed by atoms with Gasteiger partial charge in [0.25, 0.3) is 5.91 Å². The molecule has 0 saturated heterocycles. The molecule has 0 radical (unpaired) electrons. The maximum absolute atomic E-state index is 14.0. The van der Waals surface area contributed by atoms with E-state index in [1.807, 2.05) is 13.0 Å². The number of aryl methyl sites for hydroxylation is 1. The highest BCUT2D eigenvalue weighted by molar-refractivity contribution is 8.00. The van der Waals surface area contributed by atoms with Gasteiger partial charge in [0, 0.05) is 15.5 Å². The topological polar surface area (TPSA) is 84.5 Å². The van der Waals surface area contributed by atoms with Gasteiger partial charge in [0.05, 0.1) is 23.5 Å². The molecule has 0 bridgehead atoms. The molecular formula is C28H29FN2O4S2. The maximum Gasteiger partial charge on any atom is 0.341 e. The van der Waals surface area contributed by atoms with Crippen LogP contribution >= 0.6 is 23.1 Å². The van der Waals surface area contributed by atoms with E-state index in [-0.39, 0.29) is 11.5 Å². The fraction of sp³-hybridized carbons (Fsp3) is 0.321. The first kappa shape index (κ1) is 26.9. The number of carbonyl (C=O) groups is 3. The summed E-state index contributed by atoms with van der Waals surface area (Å²) >= 11 is 2.84. The third-order valence-corrected chi connectivity index (χ3v) is 8.76. The van der Waals surface area contributed by atoms with Crippen molar-refractivity contribution >= 4 is 51.6 Å². The molecule has 2 amide bonds. The van der Waals surface area contributed by atoms with Crippen LogP contribution in [0, 0.1) is 5.82 Å². The number of ether oxygens (including phenoxy) is 1. The second kappa shape index (κ2) is 12.4. The van der Waals surface area contributed by atoms with Crippen molar-refractivity contribution in [2.75, 3.05) is 17.7 Å². The van der Waals surface area contributed by atoms with Crippen molar-refractivity contribution in [1.82, 2.24) is 0 Å². The van der Waals surface area contributed by atoms with Crippen molar-refractivity contribution in [2.45, 2.75) is 55.6 Å². The van der Waals surface area contributed by atoms with Crippen LogP contribution in [0.1, 0.15) is 63.8 Å². The van der Waals surface area contributed by atoms with Crippen molar-refractivity contribution in [2.24, 2.45) is 0 Å². The van der Waals surface area contributed by atoms with Crippen molar-refractivity contribution in [1.29, 1.82) is 0 Å². The molecule has 6 nitrogen and oxygen atoms in total. The van der Waals surface area contributed by atoms with Crippen molar-refractivity contribution in [3.8, 4) is 0 Å². The van der Waals surface area contributed by atoms with Crippen molar-refractivity contribution in [3.63, 3.8) is 0 Å². The van der Waals surface area contributed by atoms with E-state index in [1.54, 1.807) is 24.3 Å². The SMILES string of the molecule is CCC(Sc1cccc(NC(=O)c2ccccc2F)c1)C(=O)Nc1sc2c(c1C(=O)OC)CCCCC2. The molecule has 0 spiro atoms. The van der Waals surface area contributed by atoms with E-state index in [9.17, 15) is 18.8 Å². The van der Waals surface area contributed by atoms with E-state index in [1.165, 1.54) is 48.4 Å². The summed E-state index contributed by atoms with van der Waals surface area (Å²) in [6.07, 6.45) is 5.47. The van der Waals surface area contributed by atoms with Gasteiger partial charge in [-0.05, 0) is 68.0 Å². The van der Waals surface area contributed by atoms with Gasteiger partial charge in [-0.1, -0.05) is 31.5 Å². The van der Waals surface area contributed by atoms with Gasteiger partial charge in [-0.15, -0.1) is 23.1 Å². The Kier molecular flexibility index (Phi) is 9.00. The highest BCUT2D eigenvalue weighted by atomic mass is 32.2. The first-order valence-corrected chi connectivity index (χ1v) is 14.0. The van der Waals surface area contributed by atoms with Crippen molar-refractivity contribution < 1.29 is 23.5 Å². The number of anilines is 2. The number of esters is 1. The second-order valence-electron chi connectivity index (χ2n) is 8.73. The fourth-order valence-electron chi connectivity index (χ4n) is 4.32. The average Bonchev–Trinajstić information content (AvgIpc) is 3.06.